The van der Waals surface area contributed by atoms with E-state index in [9.17, 15) is 0 Å². The average molecular weight is 301 g/mol. The summed E-state index contributed by atoms with van der Waals surface area (Å²) in [5.41, 5.74) is 0. The monoisotopic (exact) mass is 300 g/mol. The molecule has 0 nitrogen and oxygen atoms in total. The van der Waals surface area contributed by atoms with Gasteiger partial charge in [0.05, 0.1) is 8.07 Å². The van der Waals surface area contributed by atoms with Crippen molar-refractivity contribution in [2.45, 2.75) is 89.9 Å². The smallest absolute Gasteiger partial charge is 0.0527 e. The molecule has 1 saturated carbocycles. The zero-order valence-corrected chi connectivity index (χ0v) is 15.5. The van der Waals surface area contributed by atoms with E-state index in [0.717, 1.165) is 5.92 Å². The van der Waals surface area contributed by atoms with Gasteiger partial charge in [-0.15, -0.1) is 0 Å². The highest BCUT2D eigenvalue weighted by atomic mass is 32.2. The molecule has 0 aromatic rings. The van der Waals surface area contributed by atoms with Gasteiger partial charge in [0, 0.05) is 0 Å². The molecule has 0 atom stereocenters. The molecule has 0 bridgehead atoms. The molecule has 0 spiro atoms. The Kier molecular flexibility index (Phi) is 9.57. The van der Waals surface area contributed by atoms with Gasteiger partial charge in [0.25, 0.3) is 0 Å². The maximum Gasteiger partial charge on any atom is 0.0527 e. The molecule has 0 aliphatic heterocycles. The van der Waals surface area contributed by atoms with Gasteiger partial charge < -0.3 is 0 Å². The molecule has 0 saturated heterocycles. The normalized spacial score (nSPS) is 17.8. The lowest BCUT2D eigenvalue weighted by Gasteiger charge is -2.28. The predicted molar refractivity (Wildman–Crippen MR) is 95.1 cm³/mol. The van der Waals surface area contributed by atoms with Crippen LogP contribution in [0.1, 0.15) is 65.7 Å². The fourth-order valence-corrected chi connectivity index (χ4v) is 8.45. The van der Waals surface area contributed by atoms with E-state index >= 15 is 0 Å². The van der Waals surface area contributed by atoms with E-state index < -0.39 is 8.07 Å². The first-order valence-corrected chi connectivity index (χ1v) is 12.8. The summed E-state index contributed by atoms with van der Waals surface area (Å²) in [6.07, 6.45) is 10.6. The number of rotatable bonds is 10. The summed E-state index contributed by atoms with van der Waals surface area (Å²) in [4.78, 5) is 0. The second-order valence-corrected chi connectivity index (χ2v) is 13.4. The van der Waals surface area contributed by atoms with Crippen molar-refractivity contribution in [2.75, 3.05) is 11.5 Å². The van der Waals surface area contributed by atoms with E-state index in [4.69, 9.17) is 0 Å². The van der Waals surface area contributed by atoms with Gasteiger partial charge in [-0.1, -0.05) is 77.1 Å². The molecule has 0 N–H and O–H groups in total. The van der Waals surface area contributed by atoms with Crippen molar-refractivity contribution < 1.29 is 0 Å². The molecule has 114 valence electrons. The quantitative estimate of drug-likeness (QED) is 0.324. The Hall–Kier alpha value is 0.567. The Morgan fingerprint density at radius 3 is 2.11 bits per heavy atom. The summed E-state index contributed by atoms with van der Waals surface area (Å²) in [7, 11) is -0.823. The molecule has 0 aromatic carbocycles. The van der Waals surface area contributed by atoms with Crippen LogP contribution in [0.15, 0.2) is 0 Å². The highest BCUT2D eigenvalue weighted by Crippen LogP contribution is 2.29. The molecule has 2 heteroatoms. The molecule has 1 aliphatic carbocycles. The van der Waals surface area contributed by atoms with E-state index in [1.165, 1.54) is 74.6 Å². The van der Waals surface area contributed by atoms with E-state index in [2.05, 4.69) is 32.5 Å². The van der Waals surface area contributed by atoms with Crippen LogP contribution in [0, 0.1) is 5.92 Å². The molecule has 0 radical (unpaired) electrons. The Labute approximate surface area is 127 Å². The molecule has 0 heterocycles. The van der Waals surface area contributed by atoms with Crippen LogP contribution in [-0.2, 0) is 0 Å². The number of hydrogen-bond acceptors (Lipinski definition) is 1. The largest absolute Gasteiger partial charge is 0.162 e. The summed E-state index contributed by atoms with van der Waals surface area (Å²) in [6, 6.07) is 6.11. The molecule has 0 aromatic heterocycles. The van der Waals surface area contributed by atoms with Crippen molar-refractivity contribution in [1.82, 2.24) is 0 Å². The summed E-state index contributed by atoms with van der Waals surface area (Å²) in [6.45, 7) is 7.32. The van der Waals surface area contributed by atoms with E-state index in [1.54, 1.807) is 6.04 Å². The van der Waals surface area contributed by atoms with Gasteiger partial charge in [-0.3, -0.25) is 0 Å². The van der Waals surface area contributed by atoms with Gasteiger partial charge in [0.2, 0.25) is 0 Å². The molecule has 1 fully saturated rings. The Bertz CT molecular complexity index is 199. The topological polar surface area (TPSA) is 0 Å². The molecule has 1 aliphatic rings. The van der Waals surface area contributed by atoms with Crippen LogP contribution in [0.25, 0.3) is 0 Å². The SMILES string of the molecule is CC[Si](CC)(CC)CCCSCCC1CCCCC1. The Morgan fingerprint density at radius 1 is 0.895 bits per heavy atom. The lowest BCUT2D eigenvalue weighted by atomic mass is 9.88. The minimum atomic E-state index is -0.823. The maximum absolute atomic E-state index is 2.44. The third kappa shape index (κ3) is 6.71. The minimum absolute atomic E-state index is 0.823. The first-order valence-electron chi connectivity index (χ1n) is 8.84. The second kappa shape index (κ2) is 10.3. The molecule has 19 heavy (non-hydrogen) atoms. The van der Waals surface area contributed by atoms with Crippen molar-refractivity contribution in [1.29, 1.82) is 0 Å². The third-order valence-corrected chi connectivity index (χ3v) is 12.7. The van der Waals surface area contributed by atoms with Crippen LogP contribution >= 0.6 is 11.8 Å². The number of hydrogen-bond donors (Lipinski definition) is 0. The van der Waals surface area contributed by atoms with Crippen molar-refractivity contribution in [3.8, 4) is 0 Å². The maximum atomic E-state index is 2.44. The fourth-order valence-electron chi connectivity index (χ4n) is 3.66. The zero-order chi connectivity index (χ0) is 14.0. The van der Waals surface area contributed by atoms with Gasteiger partial charge in [-0.2, -0.15) is 11.8 Å². The van der Waals surface area contributed by atoms with Crippen molar-refractivity contribution in [3.05, 3.63) is 0 Å². The van der Waals surface area contributed by atoms with Crippen LogP contribution in [0.5, 0.6) is 0 Å². The standard InChI is InChI=1S/C17H36SSi/c1-4-19(5-2,6-3)16-10-14-18-15-13-17-11-8-7-9-12-17/h17H,4-16H2,1-3H3. The lowest BCUT2D eigenvalue weighted by molar-refractivity contribution is 0.351. The average Bonchev–Trinajstić information content (AvgIpc) is 2.48. The van der Waals surface area contributed by atoms with Gasteiger partial charge in [0.15, 0.2) is 0 Å². The van der Waals surface area contributed by atoms with Gasteiger partial charge >= 0.3 is 0 Å². The highest BCUT2D eigenvalue weighted by Gasteiger charge is 2.25. The van der Waals surface area contributed by atoms with E-state index in [-0.39, 0.29) is 0 Å². The Morgan fingerprint density at radius 2 is 1.53 bits per heavy atom. The lowest BCUT2D eigenvalue weighted by Crippen LogP contribution is -2.30. The van der Waals surface area contributed by atoms with Crippen molar-refractivity contribution in [2.24, 2.45) is 5.92 Å². The summed E-state index contributed by atoms with van der Waals surface area (Å²) < 4.78 is 0. The van der Waals surface area contributed by atoms with Crippen LogP contribution in [0.4, 0.5) is 0 Å². The molecule has 0 unspecified atom stereocenters. The summed E-state index contributed by atoms with van der Waals surface area (Å²) in [5.74, 6) is 3.95. The first-order chi connectivity index (χ1) is 9.26. The van der Waals surface area contributed by atoms with E-state index in [0.29, 0.717) is 0 Å². The summed E-state index contributed by atoms with van der Waals surface area (Å²) in [5, 5.41) is 0. The first kappa shape index (κ1) is 17.6. The zero-order valence-electron chi connectivity index (χ0n) is 13.7. The van der Waals surface area contributed by atoms with E-state index in [1.807, 2.05) is 0 Å². The van der Waals surface area contributed by atoms with Crippen LogP contribution in [0.3, 0.4) is 0 Å². The van der Waals surface area contributed by atoms with Crippen LogP contribution in [0.2, 0.25) is 24.2 Å². The predicted octanol–water partition coefficient (Wildman–Crippen LogP) is 6.59. The molecular formula is C17H36SSi. The molecular weight excluding hydrogens is 264 g/mol. The highest BCUT2D eigenvalue weighted by molar-refractivity contribution is 7.99. The fraction of sp³-hybridized carbons (Fsp3) is 1.00. The Balaban J connectivity index is 2.01. The third-order valence-electron chi connectivity index (χ3n) is 5.64. The summed E-state index contributed by atoms with van der Waals surface area (Å²) >= 11 is 2.24. The van der Waals surface area contributed by atoms with Crippen LogP contribution in [-0.4, -0.2) is 19.6 Å². The second-order valence-electron chi connectivity index (χ2n) is 6.57. The molecule has 1 rings (SSSR count). The van der Waals surface area contributed by atoms with Crippen molar-refractivity contribution in [3.63, 3.8) is 0 Å². The molecule has 0 amide bonds. The minimum Gasteiger partial charge on any atom is -0.162 e. The van der Waals surface area contributed by atoms with Gasteiger partial charge in [-0.25, -0.2) is 0 Å². The van der Waals surface area contributed by atoms with Gasteiger partial charge in [0.1, 0.15) is 0 Å². The number of thioether (sulfide) groups is 1. The van der Waals surface area contributed by atoms with Crippen molar-refractivity contribution >= 4 is 19.8 Å². The van der Waals surface area contributed by atoms with Gasteiger partial charge in [-0.05, 0) is 30.3 Å². The van der Waals surface area contributed by atoms with Crippen LogP contribution < -0.4 is 0 Å².